The molecule has 0 bridgehead atoms. The van der Waals surface area contributed by atoms with Crippen LogP contribution in [0.25, 0.3) is 0 Å². The Hall–Kier alpha value is -1.88. The van der Waals surface area contributed by atoms with Crippen molar-refractivity contribution in [2.75, 3.05) is 0 Å². The third-order valence-electron chi connectivity index (χ3n) is 3.55. The monoisotopic (exact) mass is 291 g/mol. The van der Waals surface area contributed by atoms with Crippen LogP contribution in [0.1, 0.15) is 50.5 Å². The molecule has 0 saturated carbocycles. The highest BCUT2D eigenvalue weighted by atomic mass is 19.1. The lowest BCUT2D eigenvalue weighted by atomic mass is 10.1. The van der Waals surface area contributed by atoms with Gasteiger partial charge in [0.1, 0.15) is 18.2 Å². The summed E-state index contributed by atoms with van der Waals surface area (Å²) in [4.78, 5) is 0. The number of aromatic nitrogens is 2. The second-order valence-electron chi connectivity index (χ2n) is 5.30. The molecule has 4 nitrogen and oxygen atoms in total. The van der Waals surface area contributed by atoms with Crippen LogP contribution in [0, 0.1) is 5.82 Å². The number of benzene rings is 1. The molecule has 0 aliphatic carbocycles. The molecule has 0 fully saturated rings. The van der Waals surface area contributed by atoms with E-state index < -0.39 is 0 Å². The molecule has 5 heteroatoms. The van der Waals surface area contributed by atoms with Crippen LogP contribution in [-0.2, 0) is 6.61 Å². The van der Waals surface area contributed by atoms with Crippen molar-refractivity contribution in [2.45, 2.75) is 45.9 Å². The standard InChI is InChI=1S/C16H22FN3O/c1-4-11(2)20-8-7-14(19-20)10-21-16-9-13(17)5-6-15(16)12(3)18/h5-9,11-12H,4,10,18H2,1-3H3/t11?,12-/m1/s1. The summed E-state index contributed by atoms with van der Waals surface area (Å²) in [5.74, 6) is 0.141. The minimum Gasteiger partial charge on any atom is -0.487 e. The fourth-order valence-electron chi connectivity index (χ4n) is 2.05. The van der Waals surface area contributed by atoms with Crippen LogP contribution >= 0.6 is 0 Å². The number of ether oxygens (including phenoxy) is 1. The molecule has 2 N–H and O–H groups in total. The third kappa shape index (κ3) is 3.82. The SMILES string of the molecule is CCC(C)n1ccc(COc2cc(F)ccc2[C@@H](C)N)n1. The Morgan fingerprint density at radius 2 is 2.10 bits per heavy atom. The van der Waals surface area contributed by atoms with Crippen LogP contribution in [0.3, 0.4) is 0 Å². The van der Waals surface area contributed by atoms with E-state index in [1.165, 1.54) is 12.1 Å². The van der Waals surface area contributed by atoms with Crippen LogP contribution in [0.5, 0.6) is 5.75 Å². The Balaban J connectivity index is 2.09. The van der Waals surface area contributed by atoms with E-state index >= 15 is 0 Å². The molecular weight excluding hydrogens is 269 g/mol. The Bertz CT molecular complexity index is 595. The molecule has 0 spiro atoms. The van der Waals surface area contributed by atoms with Gasteiger partial charge >= 0.3 is 0 Å². The number of nitrogens with two attached hydrogens (primary N) is 1. The van der Waals surface area contributed by atoms with E-state index in [1.54, 1.807) is 6.07 Å². The summed E-state index contributed by atoms with van der Waals surface area (Å²) < 4.78 is 21.0. The molecule has 0 saturated heterocycles. The number of nitrogens with zero attached hydrogens (tertiary/aromatic N) is 2. The molecule has 0 aliphatic heterocycles. The molecule has 0 radical (unpaired) electrons. The summed E-state index contributed by atoms with van der Waals surface area (Å²) in [7, 11) is 0. The summed E-state index contributed by atoms with van der Waals surface area (Å²) in [5.41, 5.74) is 7.48. The first-order valence-electron chi connectivity index (χ1n) is 7.23. The summed E-state index contributed by atoms with van der Waals surface area (Å²) in [6, 6.07) is 6.48. The van der Waals surface area contributed by atoms with Gasteiger partial charge in [-0.1, -0.05) is 13.0 Å². The molecule has 2 rings (SSSR count). The first-order valence-corrected chi connectivity index (χ1v) is 7.23. The smallest absolute Gasteiger partial charge is 0.132 e. The molecular formula is C16H22FN3O. The second kappa shape index (κ2) is 6.72. The third-order valence-corrected chi connectivity index (χ3v) is 3.55. The van der Waals surface area contributed by atoms with E-state index in [4.69, 9.17) is 10.5 Å². The van der Waals surface area contributed by atoms with Gasteiger partial charge in [0.15, 0.2) is 0 Å². The van der Waals surface area contributed by atoms with Crippen molar-refractivity contribution in [1.29, 1.82) is 0 Å². The van der Waals surface area contributed by atoms with Crippen LogP contribution in [-0.4, -0.2) is 9.78 Å². The van der Waals surface area contributed by atoms with E-state index in [-0.39, 0.29) is 11.9 Å². The van der Waals surface area contributed by atoms with Gasteiger partial charge in [0.25, 0.3) is 0 Å². The van der Waals surface area contributed by atoms with Crippen LogP contribution in [0.2, 0.25) is 0 Å². The van der Waals surface area contributed by atoms with E-state index in [9.17, 15) is 4.39 Å². The van der Waals surface area contributed by atoms with E-state index in [0.717, 1.165) is 17.7 Å². The lowest BCUT2D eigenvalue weighted by molar-refractivity contribution is 0.292. The molecule has 2 aromatic rings. The summed E-state index contributed by atoms with van der Waals surface area (Å²) >= 11 is 0. The fourth-order valence-corrected chi connectivity index (χ4v) is 2.05. The normalized spacial score (nSPS) is 14.0. The highest BCUT2D eigenvalue weighted by Crippen LogP contribution is 2.25. The van der Waals surface area contributed by atoms with E-state index in [2.05, 4.69) is 18.9 Å². The zero-order valence-electron chi connectivity index (χ0n) is 12.7. The Kier molecular flexibility index (Phi) is 4.96. The highest BCUT2D eigenvalue weighted by molar-refractivity contribution is 5.36. The topological polar surface area (TPSA) is 53.1 Å². The maximum absolute atomic E-state index is 13.4. The van der Waals surface area contributed by atoms with Gasteiger partial charge in [0.05, 0.1) is 5.69 Å². The molecule has 1 aromatic heterocycles. The Morgan fingerprint density at radius 3 is 2.76 bits per heavy atom. The fraction of sp³-hybridized carbons (Fsp3) is 0.438. The predicted molar refractivity (Wildman–Crippen MR) is 80.6 cm³/mol. The lowest BCUT2D eigenvalue weighted by Gasteiger charge is -2.13. The molecule has 114 valence electrons. The van der Waals surface area contributed by atoms with Gasteiger partial charge in [0.2, 0.25) is 0 Å². The van der Waals surface area contributed by atoms with E-state index in [0.29, 0.717) is 18.4 Å². The largest absolute Gasteiger partial charge is 0.487 e. The molecule has 2 atom stereocenters. The number of halogens is 1. The minimum atomic E-state index is -0.334. The van der Waals surface area contributed by atoms with Crippen molar-refractivity contribution < 1.29 is 9.13 Å². The molecule has 1 unspecified atom stereocenters. The zero-order valence-corrected chi connectivity index (χ0v) is 12.7. The van der Waals surface area contributed by atoms with Gasteiger partial charge in [-0.05, 0) is 32.4 Å². The van der Waals surface area contributed by atoms with Crippen LogP contribution in [0.15, 0.2) is 30.5 Å². The van der Waals surface area contributed by atoms with Gasteiger partial charge in [-0.2, -0.15) is 5.10 Å². The first kappa shape index (κ1) is 15.5. The van der Waals surface area contributed by atoms with Gasteiger partial charge in [-0.25, -0.2) is 4.39 Å². The van der Waals surface area contributed by atoms with Gasteiger partial charge in [-0.15, -0.1) is 0 Å². The summed E-state index contributed by atoms with van der Waals surface area (Å²) in [5, 5.41) is 4.46. The second-order valence-corrected chi connectivity index (χ2v) is 5.30. The minimum absolute atomic E-state index is 0.210. The van der Waals surface area contributed by atoms with Crippen molar-refractivity contribution >= 4 is 0 Å². The van der Waals surface area contributed by atoms with Gasteiger partial charge in [-0.3, -0.25) is 4.68 Å². The molecule has 1 aromatic carbocycles. The summed E-state index contributed by atoms with van der Waals surface area (Å²) in [6.45, 7) is 6.37. The van der Waals surface area contributed by atoms with Crippen molar-refractivity contribution in [2.24, 2.45) is 5.73 Å². The zero-order chi connectivity index (χ0) is 15.4. The van der Waals surface area contributed by atoms with Gasteiger partial charge < -0.3 is 10.5 Å². The number of hydrogen-bond acceptors (Lipinski definition) is 3. The van der Waals surface area contributed by atoms with Crippen molar-refractivity contribution in [1.82, 2.24) is 9.78 Å². The lowest BCUT2D eigenvalue weighted by Crippen LogP contribution is -2.09. The van der Waals surface area contributed by atoms with Crippen LogP contribution < -0.4 is 10.5 Å². The maximum Gasteiger partial charge on any atom is 0.132 e. The predicted octanol–water partition coefficient (Wildman–Crippen LogP) is 3.59. The Labute approximate surface area is 124 Å². The van der Waals surface area contributed by atoms with E-state index in [1.807, 2.05) is 23.9 Å². The number of hydrogen-bond donors (Lipinski definition) is 1. The molecule has 0 aliphatic rings. The average molecular weight is 291 g/mol. The van der Waals surface area contributed by atoms with Crippen molar-refractivity contribution in [3.63, 3.8) is 0 Å². The van der Waals surface area contributed by atoms with Crippen LogP contribution in [0.4, 0.5) is 4.39 Å². The Morgan fingerprint density at radius 1 is 1.33 bits per heavy atom. The molecule has 0 amide bonds. The first-order chi connectivity index (χ1) is 10.0. The van der Waals surface area contributed by atoms with Crippen molar-refractivity contribution in [3.8, 4) is 5.75 Å². The molecule has 21 heavy (non-hydrogen) atoms. The van der Waals surface area contributed by atoms with Crippen molar-refractivity contribution in [3.05, 3.63) is 47.5 Å². The van der Waals surface area contributed by atoms with Gasteiger partial charge in [0, 0.05) is 29.9 Å². The quantitative estimate of drug-likeness (QED) is 0.885. The maximum atomic E-state index is 13.4. The average Bonchev–Trinajstić information content (AvgIpc) is 2.93. The molecule has 1 heterocycles. The summed E-state index contributed by atoms with van der Waals surface area (Å²) in [6.07, 6.45) is 2.95. The highest BCUT2D eigenvalue weighted by Gasteiger charge is 2.11. The number of rotatable bonds is 6.